The number of nitrogens with one attached hydrogen (secondary N) is 2. The van der Waals surface area contributed by atoms with Gasteiger partial charge in [-0.1, -0.05) is 6.07 Å². The summed E-state index contributed by atoms with van der Waals surface area (Å²) in [6.45, 7) is 5.28. The fraction of sp³-hybridized carbons (Fsp3) is 0.720. The van der Waals surface area contributed by atoms with E-state index in [1.807, 2.05) is 30.9 Å². The molecule has 5 fully saturated rings. The van der Waals surface area contributed by atoms with Crippen molar-refractivity contribution in [1.82, 2.24) is 20.5 Å². The van der Waals surface area contributed by atoms with Gasteiger partial charge in [-0.25, -0.2) is 4.39 Å². The smallest absolute Gasteiger partial charge is 0.240 e. The number of alkyl halides is 1. The lowest BCUT2D eigenvalue weighted by molar-refractivity contribution is -0.152. The molecule has 1 aliphatic heterocycles. The number of amides is 2. The summed E-state index contributed by atoms with van der Waals surface area (Å²) in [6.07, 6.45) is 8.04. The average Bonchev–Trinajstić information content (AvgIpc) is 3.21. The zero-order chi connectivity index (χ0) is 22.5. The molecule has 6 nitrogen and oxygen atoms in total. The first kappa shape index (κ1) is 21.8. The number of likely N-dealkylation sites (tertiary alicyclic amines) is 1. The fourth-order valence-electron chi connectivity index (χ4n) is 7.11. The van der Waals surface area contributed by atoms with Crippen molar-refractivity contribution < 1.29 is 14.0 Å². The summed E-state index contributed by atoms with van der Waals surface area (Å²) < 4.78 is 13.7. The summed E-state index contributed by atoms with van der Waals surface area (Å²) in [5.41, 5.74) is -0.00414. The highest BCUT2D eigenvalue weighted by Crippen LogP contribution is 2.60. The lowest BCUT2D eigenvalue weighted by Gasteiger charge is -2.59. The van der Waals surface area contributed by atoms with E-state index in [2.05, 4.69) is 15.6 Å². The molecular formula is C25H35FN4O2. The molecule has 6 rings (SSSR count). The van der Waals surface area contributed by atoms with E-state index in [1.165, 1.54) is 0 Å². The van der Waals surface area contributed by atoms with Gasteiger partial charge >= 0.3 is 0 Å². The molecule has 1 saturated heterocycles. The number of pyridine rings is 1. The highest BCUT2D eigenvalue weighted by molar-refractivity contribution is 5.86. The third-order valence-corrected chi connectivity index (χ3v) is 8.71. The van der Waals surface area contributed by atoms with E-state index in [-0.39, 0.29) is 23.3 Å². The van der Waals surface area contributed by atoms with Gasteiger partial charge in [0.15, 0.2) is 0 Å². The van der Waals surface area contributed by atoms with Crippen molar-refractivity contribution >= 4 is 11.8 Å². The van der Waals surface area contributed by atoms with Crippen LogP contribution in [0.1, 0.15) is 57.9 Å². The molecule has 0 aromatic carbocycles. The second kappa shape index (κ2) is 8.08. The summed E-state index contributed by atoms with van der Waals surface area (Å²) in [4.78, 5) is 32.7. The molecule has 4 bridgehead atoms. The van der Waals surface area contributed by atoms with Gasteiger partial charge in [0.1, 0.15) is 6.17 Å². The summed E-state index contributed by atoms with van der Waals surface area (Å²) in [5.74, 6) is 1.43. The normalized spacial score (nSPS) is 36.3. The highest BCUT2D eigenvalue weighted by atomic mass is 19.1. The van der Waals surface area contributed by atoms with E-state index in [4.69, 9.17) is 0 Å². The zero-order valence-corrected chi connectivity index (χ0v) is 19.1. The van der Waals surface area contributed by atoms with Gasteiger partial charge in [-0.05, 0) is 81.8 Å². The van der Waals surface area contributed by atoms with E-state index >= 15 is 0 Å². The second-order valence-electron chi connectivity index (χ2n) is 11.2. The quantitative estimate of drug-likeness (QED) is 0.711. The van der Waals surface area contributed by atoms with Crippen molar-refractivity contribution in [2.75, 3.05) is 13.1 Å². The van der Waals surface area contributed by atoms with E-state index in [9.17, 15) is 14.0 Å². The van der Waals surface area contributed by atoms with Crippen LogP contribution in [0.25, 0.3) is 0 Å². The molecule has 2 N–H and O–H groups in total. The Hall–Kier alpha value is -2.02. The largest absolute Gasteiger partial charge is 0.351 e. The van der Waals surface area contributed by atoms with Crippen molar-refractivity contribution in [3.63, 3.8) is 0 Å². The van der Waals surface area contributed by atoms with Crippen LogP contribution < -0.4 is 10.6 Å². The molecule has 32 heavy (non-hydrogen) atoms. The number of rotatable bonds is 6. The molecule has 5 aliphatic rings. The van der Waals surface area contributed by atoms with Gasteiger partial charge in [-0.15, -0.1) is 0 Å². The van der Waals surface area contributed by atoms with E-state index in [0.29, 0.717) is 43.8 Å². The molecule has 174 valence electrons. The zero-order valence-electron chi connectivity index (χ0n) is 19.1. The molecule has 4 saturated carbocycles. The van der Waals surface area contributed by atoms with Crippen molar-refractivity contribution in [3.05, 3.63) is 30.1 Å². The molecule has 0 spiro atoms. The molecule has 1 aromatic heterocycles. The predicted octanol–water partition coefficient (Wildman–Crippen LogP) is 2.83. The van der Waals surface area contributed by atoms with Gasteiger partial charge in [-0.3, -0.25) is 19.5 Å². The van der Waals surface area contributed by atoms with Crippen LogP contribution in [-0.4, -0.2) is 52.5 Å². The Bertz CT molecular complexity index is 860. The monoisotopic (exact) mass is 442 g/mol. The predicted molar refractivity (Wildman–Crippen MR) is 119 cm³/mol. The van der Waals surface area contributed by atoms with Crippen molar-refractivity contribution in [2.45, 2.75) is 76.7 Å². The van der Waals surface area contributed by atoms with Crippen molar-refractivity contribution in [2.24, 2.45) is 23.2 Å². The number of aromatic nitrogens is 1. The standard InChI is InChI=1S/C25H35FN4O2/c1-24(2,30-7-5-20(26)15-30)22(31)29-21-18-8-17-9-19(21)12-25(10-17,11-18)23(32)28-14-16-4-3-6-27-13-16/h3-4,6,13,17-21H,5,7-12,14-15H2,1-2H3,(H,28,32)(H,29,31). The van der Waals surface area contributed by atoms with Crippen LogP contribution in [0.3, 0.4) is 0 Å². The minimum atomic E-state index is -0.840. The molecule has 0 radical (unpaired) electrons. The van der Waals surface area contributed by atoms with Crippen LogP contribution in [0.2, 0.25) is 0 Å². The van der Waals surface area contributed by atoms with Gasteiger partial charge in [-0.2, -0.15) is 0 Å². The number of halogens is 1. The Morgan fingerprint density at radius 2 is 2.00 bits per heavy atom. The Morgan fingerprint density at radius 1 is 1.25 bits per heavy atom. The maximum atomic E-state index is 13.7. The molecule has 2 heterocycles. The molecule has 3 atom stereocenters. The molecule has 2 amide bonds. The third-order valence-electron chi connectivity index (χ3n) is 8.71. The maximum Gasteiger partial charge on any atom is 0.240 e. The third kappa shape index (κ3) is 3.82. The van der Waals surface area contributed by atoms with Crippen LogP contribution in [0.5, 0.6) is 0 Å². The minimum Gasteiger partial charge on any atom is -0.351 e. The second-order valence-corrected chi connectivity index (χ2v) is 11.2. The van der Waals surface area contributed by atoms with Crippen molar-refractivity contribution in [3.8, 4) is 0 Å². The number of nitrogens with zero attached hydrogens (tertiary/aromatic N) is 2. The first-order valence-corrected chi connectivity index (χ1v) is 12.1. The van der Waals surface area contributed by atoms with Crippen LogP contribution in [0, 0.1) is 23.2 Å². The Kier molecular flexibility index (Phi) is 5.51. The fourth-order valence-corrected chi connectivity index (χ4v) is 7.11. The Morgan fingerprint density at radius 3 is 2.62 bits per heavy atom. The molecule has 3 unspecified atom stereocenters. The number of hydrogen-bond acceptors (Lipinski definition) is 4. The van der Waals surface area contributed by atoms with Crippen LogP contribution in [-0.2, 0) is 16.1 Å². The van der Waals surface area contributed by atoms with Gasteiger partial charge in [0.05, 0.1) is 11.0 Å². The summed E-state index contributed by atoms with van der Waals surface area (Å²) in [7, 11) is 0. The minimum absolute atomic E-state index is 0.000785. The average molecular weight is 443 g/mol. The molecule has 4 aliphatic carbocycles. The maximum absolute atomic E-state index is 13.7. The molecular weight excluding hydrogens is 407 g/mol. The Balaban J connectivity index is 1.24. The van der Waals surface area contributed by atoms with Gasteiger partial charge < -0.3 is 10.6 Å². The topological polar surface area (TPSA) is 74.3 Å². The highest BCUT2D eigenvalue weighted by Gasteiger charge is 2.59. The number of carbonyl (C=O) groups excluding carboxylic acids is 2. The van der Waals surface area contributed by atoms with E-state index in [1.54, 1.807) is 12.4 Å². The number of carbonyl (C=O) groups is 2. The van der Waals surface area contributed by atoms with E-state index in [0.717, 1.165) is 37.7 Å². The lowest BCUT2D eigenvalue weighted by atomic mass is 9.47. The van der Waals surface area contributed by atoms with E-state index < -0.39 is 11.7 Å². The van der Waals surface area contributed by atoms with Crippen molar-refractivity contribution in [1.29, 1.82) is 0 Å². The van der Waals surface area contributed by atoms with Crippen LogP contribution in [0.15, 0.2) is 24.5 Å². The SMILES string of the molecule is CC(C)(C(=O)NC1C2CC3CC1CC(C(=O)NCc1cccnc1)(C3)C2)N1CCC(F)C1. The first-order chi connectivity index (χ1) is 15.3. The molecule has 1 aromatic rings. The first-order valence-electron chi connectivity index (χ1n) is 12.1. The summed E-state index contributed by atoms with van der Waals surface area (Å²) in [5, 5.41) is 6.53. The van der Waals surface area contributed by atoms with Gasteiger partial charge in [0.25, 0.3) is 0 Å². The summed E-state index contributed by atoms with van der Waals surface area (Å²) >= 11 is 0. The van der Waals surface area contributed by atoms with Gasteiger partial charge in [0.2, 0.25) is 11.8 Å². The Labute approximate surface area is 189 Å². The summed E-state index contributed by atoms with van der Waals surface area (Å²) in [6, 6.07) is 3.99. The van der Waals surface area contributed by atoms with Gasteiger partial charge in [0, 0.05) is 38.1 Å². The lowest BCUT2D eigenvalue weighted by Crippen LogP contribution is -2.65. The number of hydrogen-bond donors (Lipinski definition) is 2. The van der Waals surface area contributed by atoms with Crippen LogP contribution >= 0.6 is 0 Å². The van der Waals surface area contributed by atoms with Crippen LogP contribution in [0.4, 0.5) is 4.39 Å². The molecule has 7 heteroatoms.